The van der Waals surface area contributed by atoms with E-state index in [0.717, 1.165) is 12.2 Å². The molecule has 3 rings (SSSR count). The molecular formula is C16H20N4O2. The fourth-order valence-electron chi connectivity index (χ4n) is 2.52. The smallest absolute Gasteiger partial charge is 0.274 e. The van der Waals surface area contributed by atoms with Crippen LogP contribution in [0, 0.1) is 0 Å². The number of amides is 1. The molecule has 22 heavy (non-hydrogen) atoms. The monoisotopic (exact) mass is 300 g/mol. The van der Waals surface area contributed by atoms with Gasteiger partial charge in [0.25, 0.3) is 5.91 Å². The van der Waals surface area contributed by atoms with Crippen LogP contribution in [0.3, 0.4) is 0 Å². The predicted molar refractivity (Wildman–Crippen MR) is 81.8 cm³/mol. The van der Waals surface area contributed by atoms with Crippen molar-refractivity contribution in [3.05, 3.63) is 42.5 Å². The summed E-state index contributed by atoms with van der Waals surface area (Å²) in [4.78, 5) is 18.3. The van der Waals surface area contributed by atoms with Crippen molar-refractivity contribution in [2.24, 2.45) is 0 Å². The lowest BCUT2D eigenvalue weighted by Gasteiger charge is -2.16. The SMILES string of the molecule is CC(C)n1ccc(C(=O)N2CC[C@@H](Oc3cccnc3)C2)n1. The third kappa shape index (κ3) is 3.10. The number of nitrogens with zero attached hydrogens (tertiary/aromatic N) is 4. The van der Waals surface area contributed by atoms with Gasteiger partial charge in [-0.2, -0.15) is 5.10 Å². The van der Waals surface area contributed by atoms with E-state index in [1.165, 1.54) is 0 Å². The Kier molecular flexibility index (Phi) is 4.09. The molecular weight excluding hydrogens is 280 g/mol. The zero-order chi connectivity index (χ0) is 15.5. The molecule has 0 N–H and O–H groups in total. The van der Waals surface area contributed by atoms with E-state index >= 15 is 0 Å². The molecule has 0 aromatic carbocycles. The molecule has 3 heterocycles. The minimum absolute atomic E-state index is 0.0142. The molecule has 0 unspecified atom stereocenters. The number of rotatable bonds is 4. The molecule has 1 aliphatic rings. The summed E-state index contributed by atoms with van der Waals surface area (Å²) >= 11 is 0. The van der Waals surface area contributed by atoms with Gasteiger partial charge < -0.3 is 9.64 Å². The van der Waals surface area contributed by atoms with E-state index in [0.29, 0.717) is 18.8 Å². The van der Waals surface area contributed by atoms with Crippen molar-refractivity contribution >= 4 is 5.91 Å². The minimum Gasteiger partial charge on any atom is -0.487 e. The molecule has 0 aliphatic carbocycles. The first-order valence-corrected chi connectivity index (χ1v) is 7.54. The van der Waals surface area contributed by atoms with Crippen LogP contribution in [0.25, 0.3) is 0 Å². The number of carbonyl (C=O) groups is 1. The van der Waals surface area contributed by atoms with Crippen LogP contribution >= 0.6 is 0 Å². The van der Waals surface area contributed by atoms with Crippen LogP contribution in [0.2, 0.25) is 0 Å². The van der Waals surface area contributed by atoms with Crippen molar-refractivity contribution in [2.45, 2.75) is 32.4 Å². The highest BCUT2D eigenvalue weighted by Gasteiger charge is 2.29. The van der Waals surface area contributed by atoms with Gasteiger partial charge in [-0.25, -0.2) is 0 Å². The Morgan fingerprint density at radius 3 is 2.95 bits per heavy atom. The Labute approximate surface area is 129 Å². The summed E-state index contributed by atoms with van der Waals surface area (Å²) in [6.07, 6.45) is 6.08. The average Bonchev–Trinajstić information content (AvgIpc) is 3.17. The van der Waals surface area contributed by atoms with Crippen molar-refractivity contribution in [2.75, 3.05) is 13.1 Å². The third-order valence-corrected chi connectivity index (χ3v) is 3.73. The fraction of sp³-hybridized carbons (Fsp3) is 0.438. The van der Waals surface area contributed by atoms with Gasteiger partial charge in [0.15, 0.2) is 0 Å². The van der Waals surface area contributed by atoms with Crippen molar-refractivity contribution in [1.82, 2.24) is 19.7 Å². The van der Waals surface area contributed by atoms with Crippen LogP contribution in [0.15, 0.2) is 36.8 Å². The van der Waals surface area contributed by atoms with E-state index in [4.69, 9.17) is 4.74 Å². The van der Waals surface area contributed by atoms with E-state index < -0.39 is 0 Å². The first-order valence-electron chi connectivity index (χ1n) is 7.54. The van der Waals surface area contributed by atoms with Gasteiger partial charge in [-0.15, -0.1) is 0 Å². The van der Waals surface area contributed by atoms with E-state index in [1.54, 1.807) is 28.0 Å². The van der Waals surface area contributed by atoms with Gasteiger partial charge in [0, 0.05) is 31.4 Å². The van der Waals surface area contributed by atoms with Gasteiger partial charge in [-0.05, 0) is 32.0 Å². The first-order chi connectivity index (χ1) is 10.6. The summed E-state index contributed by atoms with van der Waals surface area (Å²) in [6.45, 7) is 5.35. The summed E-state index contributed by atoms with van der Waals surface area (Å²) in [5, 5.41) is 4.34. The van der Waals surface area contributed by atoms with E-state index in [-0.39, 0.29) is 18.1 Å². The Morgan fingerprint density at radius 2 is 2.27 bits per heavy atom. The number of carbonyl (C=O) groups excluding carboxylic acids is 1. The van der Waals surface area contributed by atoms with Gasteiger partial charge in [0.2, 0.25) is 0 Å². The molecule has 1 aliphatic heterocycles. The van der Waals surface area contributed by atoms with E-state index in [9.17, 15) is 4.79 Å². The van der Waals surface area contributed by atoms with Gasteiger partial charge in [-0.3, -0.25) is 14.5 Å². The molecule has 6 nitrogen and oxygen atoms in total. The lowest BCUT2D eigenvalue weighted by molar-refractivity contribution is 0.0765. The topological polar surface area (TPSA) is 60.2 Å². The van der Waals surface area contributed by atoms with Crippen LogP contribution in [0.5, 0.6) is 5.75 Å². The van der Waals surface area contributed by atoms with Crippen molar-refractivity contribution in [3.63, 3.8) is 0 Å². The Balaban J connectivity index is 1.60. The van der Waals surface area contributed by atoms with Crippen molar-refractivity contribution in [1.29, 1.82) is 0 Å². The number of pyridine rings is 1. The summed E-state index contributed by atoms with van der Waals surface area (Å²) in [5.74, 6) is 0.711. The number of hydrogen-bond donors (Lipinski definition) is 0. The number of aromatic nitrogens is 3. The predicted octanol–water partition coefficient (Wildman–Crippen LogP) is 2.15. The van der Waals surface area contributed by atoms with E-state index in [1.807, 2.05) is 32.2 Å². The number of likely N-dealkylation sites (tertiary alicyclic amines) is 1. The van der Waals surface area contributed by atoms with Gasteiger partial charge in [-0.1, -0.05) is 0 Å². The number of hydrogen-bond acceptors (Lipinski definition) is 4. The second-order valence-corrected chi connectivity index (χ2v) is 5.74. The van der Waals surface area contributed by atoms with Crippen molar-refractivity contribution < 1.29 is 9.53 Å². The number of ether oxygens (including phenoxy) is 1. The summed E-state index contributed by atoms with van der Waals surface area (Å²) < 4.78 is 7.65. The minimum atomic E-state index is -0.0308. The molecule has 0 spiro atoms. The summed E-state index contributed by atoms with van der Waals surface area (Å²) in [5.41, 5.74) is 0.496. The molecule has 6 heteroatoms. The molecule has 1 amide bonds. The first kappa shape index (κ1) is 14.6. The zero-order valence-corrected chi connectivity index (χ0v) is 12.8. The quantitative estimate of drug-likeness (QED) is 0.868. The standard InChI is InChI=1S/C16H20N4O2/c1-12(2)20-9-6-15(18-20)16(21)19-8-5-14(11-19)22-13-4-3-7-17-10-13/h3-4,6-7,9-10,12,14H,5,8,11H2,1-2H3/t14-/m1/s1. The van der Waals surface area contributed by atoms with Crippen LogP contribution < -0.4 is 4.74 Å². The summed E-state index contributed by atoms with van der Waals surface area (Å²) in [6, 6.07) is 5.74. The van der Waals surface area contributed by atoms with Crippen LogP contribution in [0.4, 0.5) is 0 Å². The molecule has 2 aromatic rings. The molecule has 1 saturated heterocycles. The highest BCUT2D eigenvalue weighted by Crippen LogP contribution is 2.19. The molecule has 1 fully saturated rings. The normalized spacial score (nSPS) is 18.0. The second-order valence-electron chi connectivity index (χ2n) is 5.74. The van der Waals surface area contributed by atoms with Crippen LogP contribution in [0.1, 0.15) is 36.8 Å². The van der Waals surface area contributed by atoms with Crippen LogP contribution in [-0.4, -0.2) is 44.8 Å². The maximum absolute atomic E-state index is 12.5. The largest absolute Gasteiger partial charge is 0.487 e. The van der Waals surface area contributed by atoms with Gasteiger partial charge in [0.05, 0.1) is 12.7 Å². The van der Waals surface area contributed by atoms with Crippen molar-refractivity contribution in [3.8, 4) is 5.75 Å². The highest BCUT2D eigenvalue weighted by molar-refractivity contribution is 5.92. The molecule has 0 bridgehead atoms. The maximum atomic E-state index is 12.5. The highest BCUT2D eigenvalue weighted by atomic mass is 16.5. The zero-order valence-electron chi connectivity index (χ0n) is 12.8. The average molecular weight is 300 g/mol. The lowest BCUT2D eigenvalue weighted by atomic mass is 10.3. The molecule has 0 saturated carbocycles. The molecule has 0 radical (unpaired) electrons. The Morgan fingerprint density at radius 1 is 1.41 bits per heavy atom. The second kappa shape index (κ2) is 6.17. The summed E-state index contributed by atoms with van der Waals surface area (Å²) in [7, 11) is 0. The van der Waals surface area contributed by atoms with Gasteiger partial charge >= 0.3 is 0 Å². The van der Waals surface area contributed by atoms with Gasteiger partial charge in [0.1, 0.15) is 17.5 Å². The van der Waals surface area contributed by atoms with E-state index in [2.05, 4.69) is 10.1 Å². The Bertz CT molecular complexity index is 639. The molecule has 2 aromatic heterocycles. The fourth-order valence-corrected chi connectivity index (χ4v) is 2.52. The maximum Gasteiger partial charge on any atom is 0.274 e. The lowest BCUT2D eigenvalue weighted by Crippen LogP contribution is -2.31. The molecule has 116 valence electrons. The van der Waals surface area contributed by atoms with Crippen LogP contribution in [-0.2, 0) is 0 Å². The Hall–Kier alpha value is -2.37. The third-order valence-electron chi connectivity index (χ3n) is 3.73. The molecule has 1 atom stereocenters.